The Morgan fingerprint density at radius 2 is 1.93 bits per heavy atom. The Balaban J connectivity index is 0.000000461. The molecule has 74 valence electrons. The van der Waals surface area contributed by atoms with Gasteiger partial charge in [0.15, 0.2) is 11.6 Å². The van der Waals surface area contributed by atoms with Gasteiger partial charge in [0.05, 0.1) is 11.0 Å². The minimum Gasteiger partial charge on any atom is -0.335 e. The molecule has 1 aromatic carbocycles. The molecule has 2 aromatic rings. The standard InChI is InChI=1S/C9H8N2O.C2H6/c1-6(12)9-10-7-4-2-3-5-8(7)11-9;1-2/h2-5H,1H3,(H,10,11);1-2H3. The van der Waals surface area contributed by atoms with E-state index >= 15 is 0 Å². The van der Waals surface area contributed by atoms with Gasteiger partial charge in [-0.1, -0.05) is 26.0 Å². The number of aromatic amines is 1. The van der Waals surface area contributed by atoms with Crippen molar-refractivity contribution in [2.75, 3.05) is 0 Å². The van der Waals surface area contributed by atoms with E-state index in [1.165, 1.54) is 6.92 Å². The molecule has 1 heterocycles. The summed E-state index contributed by atoms with van der Waals surface area (Å²) in [5, 5.41) is 0. The van der Waals surface area contributed by atoms with Gasteiger partial charge in [0.25, 0.3) is 0 Å². The fourth-order valence-electron chi connectivity index (χ4n) is 1.12. The zero-order chi connectivity index (χ0) is 10.6. The topological polar surface area (TPSA) is 45.8 Å². The fraction of sp³-hybridized carbons (Fsp3) is 0.273. The molecule has 2 rings (SSSR count). The summed E-state index contributed by atoms with van der Waals surface area (Å²) in [6.07, 6.45) is 0. The number of rotatable bonds is 1. The van der Waals surface area contributed by atoms with Crippen LogP contribution in [0.5, 0.6) is 0 Å². The highest BCUT2D eigenvalue weighted by Crippen LogP contribution is 2.09. The van der Waals surface area contributed by atoms with Crippen molar-refractivity contribution in [3.63, 3.8) is 0 Å². The first-order chi connectivity index (χ1) is 6.77. The maximum Gasteiger partial charge on any atom is 0.195 e. The second-order valence-electron chi connectivity index (χ2n) is 2.66. The number of hydrogen-bond acceptors (Lipinski definition) is 2. The summed E-state index contributed by atoms with van der Waals surface area (Å²) >= 11 is 0. The summed E-state index contributed by atoms with van der Waals surface area (Å²) in [7, 11) is 0. The molecule has 0 radical (unpaired) electrons. The summed E-state index contributed by atoms with van der Waals surface area (Å²) in [5.74, 6) is 0.391. The number of H-pyrrole nitrogens is 1. The number of aromatic nitrogens is 2. The number of benzene rings is 1. The number of fused-ring (bicyclic) bond motifs is 1. The quantitative estimate of drug-likeness (QED) is 0.703. The number of hydrogen-bond donors (Lipinski definition) is 1. The van der Waals surface area contributed by atoms with Crippen LogP contribution in [0.25, 0.3) is 11.0 Å². The van der Waals surface area contributed by atoms with Crippen LogP contribution >= 0.6 is 0 Å². The first-order valence-electron chi connectivity index (χ1n) is 4.73. The number of para-hydroxylation sites is 2. The zero-order valence-corrected chi connectivity index (χ0v) is 8.66. The number of nitrogens with zero attached hydrogens (tertiary/aromatic N) is 1. The van der Waals surface area contributed by atoms with Gasteiger partial charge in [-0.25, -0.2) is 4.98 Å². The molecule has 14 heavy (non-hydrogen) atoms. The van der Waals surface area contributed by atoms with Crippen LogP contribution in [-0.2, 0) is 0 Å². The molecule has 1 N–H and O–H groups in total. The average Bonchev–Trinajstić information content (AvgIpc) is 2.64. The molecule has 0 aliphatic rings. The van der Waals surface area contributed by atoms with Crippen molar-refractivity contribution >= 4 is 16.8 Å². The SMILES string of the molecule is CC.CC(=O)c1nc2ccccc2[nH]1. The van der Waals surface area contributed by atoms with Gasteiger partial charge in [0, 0.05) is 6.92 Å². The van der Waals surface area contributed by atoms with Crippen molar-refractivity contribution < 1.29 is 4.79 Å². The monoisotopic (exact) mass is 190 g/mol. The molecule has 0 fully saturated rings. The number of nitrogens with one attached hydrogen (secondary N) is 1. The Morgan fingerprint density at radius 3 is 2.50 bits per heavy atom. The third-order valence-electron chi connectivity index (χ3n) is 1.72. The van der Waals surface area contributed by atoms with Crippen LogP contribution in [0.1, 0.15) is 31.4 Å². The minimum atomic E-state index is -0.0359. The maximum absolute atomic E-state index is 10.9. The van der Waals surface area contributed by atoms with E-state index in [0.29, 0.717) is 5.82 Å². The molecule has 0 saturated carbocycles. The average molecular weight is 190 g/mol. The lowest BCUT2D eigenvalue weighted by Crippen LogP contribution is -1.93. The third-order valence-corrected chi connectivity index (χ3v) is 1.72. The molecule has 0 saturated heterocycles. The molecule has 0 aliphatic heterocycles. The molecule has 0 bridgehead atoms. The van der Waals surface area contributed by atoms with Crippen molar-refractivity contribution in [3.8, 4) is 0 Å². The summed E-state index contributed by atoms with van der Waals surface area (Å²) in [6.45, 7) is 5.50. The lowest BCUT2D eigenvalue weighted by atomic mass is 10.3. The summed E-state index contributed by atoms with van der Waals surface area (Å²) in [4.78, 5) is 18.0. The third kappa shape index (κ3) is 1.99. The van der Waals surface area contributed by atoms with Gasteiger partial charge >= 0.3 is 0 Å². The molecule has 0 atom stereocenters. The molecular formula is C11H14N2O. The van der Waals surface area contributed by atoms with E-state index in [0.717, 1.165) is 11.0 Å². The van der Waals surface area contributed by atoms with Gasteiger partial charge < -0.3 is 4.98 Å². The van der Waals surface area contributed by atoms with Crippen LogP contribution in [-0.4, -0.2) is 15.8 Å². The molecule has 1 aromatic heterocycles. The van der Waals surface area contributed by atoms with Gasteiger partial charge in [-0.15, -0.1) is 0 Å². The van der Waals surface area contributed by atoms with E-state index in [-0.39, 0.29) is 5.78 Å². The molecule has 0 aliphatic carbocycles. The second kappa shape index (κ2) is 4.56. The van der Waals surface area contributed by atoms with E-state index in [4.69, 9.17) is 0 Å². The van der Waals surface area contributed by atoms with Crippen LogP contribution in [0.3, 0.4) is 0 Å². The van der Waals surface area contributed by atoms with Gasteiger partial charge in [-0.05, 0) is 12.1 Å². The van der Waals surface area contributed by atoms with Crippen LogP contribution in [0.2, 0.25) is 0 Å². The Morgan fingerprint density at radius 1 is 1.29 bits per heavy atom. The van der Waals surface area contributed by atoms with Crippen molar-refractivity contribution in [2.24, 2.45) is 0 Å². The Bertz CT molecular complexity index is 399. The molecule has 3 nitrogen and oxygen atoms in total. The predicted molar refractivity (Wildman–Crippen MR) is 57.4 cm³/mol. The highest BCUT2D eigenvalue weighted by atomic mass is 16.1. The molecule has 0 unspecified atom stereocenters. The zero-order valence-electron chi connectivity index (χ0n) is 8.66. The number of carbonyl (C=O) groups excluding carboxylic acids is 1. The first kappa shape index (κ1) is 10.4. The predicted octanol–water partition coefficient (Wildman–Crippen LogP) is 2.79. The first-order valence-corrected chi connectivity index (χ1v) is 4.73. The van der Waals surface area contributed by atoms with Gasteiger partial charge in [0.1, 0.15) is 0 Å². The second-order valence-corrected chi connectivity index (χ2v) is 2.66. The number of imidazole rings is 1. The largest absolute Gasteiger partial charge is 0.335 e. The van der Waals surface area contributed by atoms with Crippen LogP contribution in [0, 0.1) is 0 Å². The fourth-order valence-corrected chi connectivity index (χ4v) is 1.12. The smallest absolute Gasteiger partial charge is 0.195 e. The molecule has 3 heteroatoms. The molecule has 0 amide bonds. The van der Waals surface area contributed by atoms with Gasteiger partial charge in [-0.2, -0.15) is 0 Å². The summed E-state index contributed by atoms with van der Waals surface area (Å²) in [6, 6.07) is 7.57. The molecular weight excluding hydrogens is 176 g/mol. The van der Waals surface area contributed by atoms with E-state index in [1.807, 2.05) is 38.1 Å². The van der Waals surface area contributed by atoms with E-state index in [1.54, 1.807) is 0 Å². The van der Waals surface area contributed by atoms with E-state index in [2.05, 4.69) is 9.97 Å². The number of Topliss-reactive ketones (excluding diaryl/α,β-unsaturated/α-hetero) is 1. The Kier molecular flexibility index (Phi) is 3.40. The van der Waals surface area contributed by atoms with Crippen molar-refractivity contribution in [1.29, 1.82) is 0 Å². The summed E-state index contributed by atoms with van der Waals surface area (Å²) in [5.41, 5.74) is 1.74. The van der Waals surface area contributed by atoms with Gasteiger partial charge in [-0.3, -0.25) is 4.79 Å². The van der Waals surface area contributed by atoms with E-state index in [9.17, 15) is 4.79 Å². The van der Waals surface area contributed by atoms with Crippen molar-refractivity contribution in [2.45, 2.75) is 20.8 Å². The van der Waals surface area contributed by atoms with Crippen LogP contribution in [0.4, 0.5) is 0 Å². The maximum atomic E-state index is 10.9. The van der Waals surface area contributed by atoms with Crippen molar-refractivity contribution in [1.82, 2.24) is 9.97 Å². The molecule has 0 spiro atoms. The minimum absolute atomic E-state index is 0.0359. The Labute approximate surface area is 83.2 Å². The number of carbonyl (C=O) groups is 1. The normalized spacial score (nSPS) is 9.36. The van der Waals surface area contributed by atoms with Gasteiger partial charge in [0.2, 0.25) is 0 Å². The highest BCUT2D eigenvalue weighted by Gasteiger charge is 2.04. The lowest BCUT2D eigenvalue weighted by molar-refractivity contribution is 0.100. The Hall–Kier alpha value is -1.64. The summed E-state index contributed by atoms with van der Waals surface area (Å²) < 4.78 is 0. The van der Waals surface area contributed by atoms with Crippen molar-refractivity contribution in [3.05, 3.63) is 30.1 Å². The van der Waals surface area contributed by atoms with Crippen LogP contribution < -0.4 is 0 Å². The highest BCUT2D eigenvalue weighted by molar-refractivity contribution is 5.93. The number of ketones is 1. The lowest BCUT2D eigenvalue weighted by Gasteiger charge is -1.82. The van der Waals surface area contributed by atoms with Crippen LogP contribution in [0.15, 0.2) is 24.3 Å². The van der Waals surface area contributed by atoms with E-state index < -0.39 is 0 Å².